The van der Waals surface area contributed by atoms with Gasteiger partial charge in [-0.2, -0.15) is 0 Å². The summed E-state index contributed by atoms with van der Waals surface area (Å²) in [6.07, 6.45) is 3.03. The monoisotopic (exact) mass is 340 g/mol. The summed E-state index contributed by atoms with van der Waals surface area (Å²) in [6, 6.07) is 4.92. The summed E-state index contributed by atoms with van der Waals surface area (Å²) in [4.78, 5) is 24.7. The highest BCUT2D eigenvalue weighted by Crippen LogP contribution is 2.29. The molecule has 1 aromatic carbocycles. The van der Waals surface area contributed by atoms with Gasteiger partial charge in [0.05, 0.1) is 12.8 Å². The van der Waals surface area contributed by atoms with Gasteiger partial charge in [-0.3, -0.25) is 9.59 Å². The zero-order chi connectivity index (χ0) is 17.5. The largest absolute Gasteiger partial charge is 0.495 e. The normalized spacial score (nSPS) is 11.0. The molecule has 0 saturated heterocycles. The minimum Gasteiger partial charge on any atom is -0.495 e. The number of benzene rings is 1. The van der Waals surface area contributed by atoms with E-state index < -0.39 is 11.3 Å². The van der Waals surface area contributed by atoms with Crippen LogP contribution < -0.4 is 15.4 Å². The van der Waals surface area contributed by atoms with Crippen LogP contribution in [0.5, 0.6) is 5.75 Å². The summed E-state index contributed by atoms with van der Waals surface area (Å²) in [7, 11) is 1.50. The number of amides is 2. The molecule has 1 aromatic rings. The molecule has 0 saturated carbocycles. The highest BCUT2D eigenvalue weighted by molar-refractivity contribution is 6.31. The molecule has 2 N–H and O–H groups in total. The zero-order valence-corrected chi connectivity index (χ0v) is 14.9. The molecular weight excluding hydrogens is 316 g/mol. The second kappa shape index (κ2) is 8.77. The lowest BCUT2D eigenvalue weighted by molar-refractivity contribution is -0.138. The maximum atomic E-state index is 12.5. The van der Waals surface area contributed by atoms with Crippen LogP contribution in [0.4, 0.5) is 5.69 Å². The van der Waals surface area contributed by atoms with Gasteiger partial charge in [0.1, 0.15) is 11.2 Å². The fourth-order valence-corrected chi connectivity index (χ4v) is 2.13. The van der Waals surface area contributed by atoms with Gasteiger partial charge in [0.25, 0.3) is 0 Å². The van der Waals surface area contributed by atoms with E-state index in [9.17, 15) is 9.59 Å². The number of hydrogen-bond acceptors (Lipinski definition) is 3. The first-order chi connectivity index (χ1) is 10.8. The molecule has 0 radical (unpaired) electrons. The van der Waals surface area contributed by atoms with E-state index in [1.807, 2.05) is 0 Å². The van der Waals surface area contributed by atoms with Gasteiger partial charge in [-0.05, 0) is 38.5 Å². The predicted molar refractivity (Wildman–Crippen MR) is 92.9 cm³/mol. The average Bonchev–Trinajstić information content (AvgIpc) is 2.51. The molecule has 0 aromatic heterocycles. The number of halogens is 1. The zero-order valence-electron chi connectivity index (χ0n) is 14.2. The van der Waals surface area contributed by atoms with Crippen LogP contribution in [0, 0.1) is 5.41 Å². The molecule has 1 rings (SSSR count). The molecule has 0 heterocycles. The third-order valence-corrected chi connectivity index (χ3v) is 3.85. The Morgan fingerprint density at radius 1 is 1.22 bits per heavy atom. The van der Waals surface area contributed by atoms with Crippen molar-refractivity contribution in [1.29, 1.82) is 0 Å². The number of nitrogens with one attached hydrogen (secondary N) is 2. The first kappa shape index (κ1) is 19.3. The molecule has 128 valence electrons. The predicted octanol–water partition coefficient (Wildman–Crippen LogP) is 3.62. The number of carbonyl (C=O) groups excluding carboxylic acids is 2. The van der Waals surface area contributed by atoms with Gasteiger partial charge in [0.2, 0.25) is 11.8 Å². The van der Waals surface area contributed by atoms with Crippen molar-refractivity contribution in [3.05, 3.63) is 23.2 Å². The minimum atomic E-state index is -1.19. The fourth-order valence-electron chi connectivity index (χ4n) is 1.96. The summed E-state index contributed by atoms with van der Waals surface area (Å²) in [6.45, 7) is 5.85. The lowest BCUT2D eigenvalue weighted by atomic mass is 9.91. The van der Waals surface area contributed by atoms with Crippen LogP contribution in [0.15, 0.2) is 18.2 Å². The van der Waals surface area contributed by atoms with Gasteiger partial charge >= 0.3 is 0 Å². The number of unbranched alkanes of at least 4 members (excludes halogenated alkanes) is 2. The Kier molecular flexibility index (Phi) is 7.36. The standard InChI is InChI=1S/C17H25ClN2O3/c1-5-6-7-10-19-15(21)17(2,3)16(22)20-13-11-12(18)8-9-14(13)23-4/h8-9,11H,5-7,10H2,1-4H3,(H,19,21)(H,20,22). The lowest BCUT2D eigenvalue weighted by Gasteiger charge is -2.23. The molecule has 0 aliphatic heterocycles. The van der Waals surface area contributed by atoms with Crippen molar-refractivity contribution in [2.24, 2.45) is 5.41 Å². The van der Waals surface area contributed by atoms with Crippen molar-refractivity contribution in [2.75, 3.05) is 19.0 Å². The van der Waals surface area contributed by atoms with Crippen molar-refractivity contribution in [1.82, 2.24) is 5.32 Å². The number of anilines is 1. The molecule has 0 bridgehead atoms. The van der Waals surface area contributed by atoms with E-state index in [-0.39, 0.29) is 5.91 Å². The van der Waals surface area contributed by atoms with Crippen LogP contribution in [-0.2, 0) is 9.59 Å². The smallest absolute Gasteiger partial charge is 0.239 e. The van der Waals surface area contributed by atoms with Crippen molar-refractivity contribution in [3.8, 4) is 5.75 Å². The van der Waals surface area contributed by atoms with Gasteiger partial charge < -0.3 is 15.4 Å². The highest BCUT2D eigenvalue weighted by atomic mass is 35.5. The molecule has 23 heavy (non-hydrogen) atoms. The van der Waals surface area contributed by atoms with Gasteiger partial charge in [0.15, 0.2) is 0 Å². The van der Waals surface area contributed by atoms with E-state index in [1.54, 1.807) is 32.0 Å². The molecule has 5 nitrogen and oxygen atoms in total. The van der Waals surface area contributed by atoms with Crippen molar-refractivity contribution in [2.45, 2.75) is 40.0 Å². The molecule has 0 aliphatic carbocycles. The molecule has 0 spiro atoms. The summed E-state index contributed by atoms with van der Waals surface area (Å²) in [5, 5.41) is 6.00. The Labute approximate surface area is 142 Å². The Bertz CT molecular complexity index is 559. The van der Waals surface area contributed by atoms with E-state index in [2.05, 4.69) is 17.6 Å². The molecule has 6 heteroatoms. The highest BCUT2D eigenvalue weighted by Gasteiger charge is 2.36. The molecule has 0 aliphatic rings. The van der Waals surface area contributed by atoms with Crippen LogP contribution in [-0.4, -0.2) is 25.5 Å². The number of ether oxygens (including phenoxy) is 1. The number of methoxy groups -OCH3 is 1. The van der Waals surface area contributed by atoms with Gasteiger partial charge in [0, 0.05) is 11.6 Å². The van der Waals surface area contributed by atoms with E-state index in [4.69, 9.17) is 16.3 Å². The fraction of sp³-hybridized carbons (Fsp3) is 0.529. The van der Waals surface area contributed by atoms with E-state index in [0.717, 1.165) is 19.3 Å². The van der Waals surface area contributed by atoms with Crippen LogP contribution in [0.1, 0.15) is 40.0 Å². The maximum absolute atomic E-state index is 12.5. The lowest BCUT2D eigenvalue weighted by Crippen LogP contribution is -2.45. The second-order valence-electron chi connectivity index (χ2n) is 5.89. The third kappa shape index (κ3) is 5.43. The molecule has 0 fully saturated rings. The molecule has 0 atom stereocenters. The Morgan fingerprint density at radius 2 is 1.91 bits per heavy atom. The van der Waals surface area contributed by atoms with Crippen molar-refractivity contribution < 1.29 is 14.3 Å². The van der Waals surface area contributed by atoms with Crippen LogP contribution in [0.2, 0.25) is 5.02 Å². The second-order valence-corrected chi connectivity index (χ2v) is 6.32. The minimum absolute atomic E-state index is 0.299. The molecule has 2 amide bonds. The van der Waals surface area contributed by atoms with E-state index in [0.29, 0.717) is 23.0 Å². The Hall–Kier alpha value is -1.75. The van der Waals surface area contributed by atoms with E-state index >= 15 is 0 Å². The van der Waals surface area contributed by atoms with Gasteiger partial charge in [-0.15, -0.1) is 0 Å². The summed E-state index contributed by atoms with van der Waals surface area (Å²) < 4.78 is 5.19. The molecular formula is C17H25ClN2O3. The number of hydrogen-bond donors (Lipinski definition) is 2. The topological polar surface area (TPSA) is 67.4 Å². The first-order valence-corrected chi connectivity index (χ1v) is 8.14. The Balaban J connectivity index is 2.75. The van der Waals surface area contributed by atoms with Crippen molar-refractivity contribution in [3.63, 3.8) is 0 Å². The van der Waals surface area contributed by atoms with E-state index in [1.165, 1.54) is 7.11 Å². The van der Waals surface area contributed by atoms with Crippen LogP contribution in [0.25, 0.3) is 0 Å². The van der Waals surface area contributed by atoms with Crippen LogP contribution >= 0.6 is 11.6 Å². The van der Waals surface area contributed by atoms with Crippen LogP contribution in [0.3, 0.4) is 0 Å². The quantitative estimate of drug-likeness (QED) is 0.561. The third-order valence-electron chi connectivity index (χ3n) is 3.61. The molecule has 0 unspecified atom stereocenters. The van der Waals surface area contributed by atoms with Crippen molar-refractivity contribution >= 4 is 29.1 Å². The summed E-state index contributed by atoms with van der Waals surface area (Å²) >= 11 is 5.95. The average molecular weight is 341 g/mol. The van der Waals surface area contributed by atoms with Gasteiger partial charge in [-0.25, -0.2) is 0 Å². The maximum Gasteiger partial charge on any atom is 0.239 e. The SMILES string of the molecule is CCCCCNC(=O)C(C)(C)C(=O)Nc1cc(Cl)ccc1OC. The first-order valence-electron chi connectivity index (χ1n) is 7.76. The van der Waals surface area contributed by atoms with Gasteiger partial charge in [-0.1, -0.05) is 31.4 Å². The summed E-state index contributed by atoms with van der Waals surface area (Å²) in [5.74, 6) is -0.222. The summed E-state index contributed by atoms with van der Waals surface area (Å²) in [5.41, 5.74) is -0.753. The Morgan fingerprint density at radius 3 is 2.52 bits per heavy atom. The number of carbonyl (C=O) groups is 2. The number of rotatable bonds is 8.